The van der Waals surface area contributed by atoms with Gasteiger partial charge in [-0.3, -0.25) is 0 Å². The lowest BCUT2D eigenvalue weighted by atomic mass is 10.1. The van der Waals surface area contributed by atoms with Gasteiger partial charge in [0, 0.05) is 30.6 Å². The topological polar surface area (TPSA) is 32.3 Å². The molecule has 0 bridgehead atoms. The second kappa shape index (κ2) is 6.91. The van der Waals surface area contributed by atoms with Gasteiger partial charge in [-0.2, -0.15) is 0 Å². The van der Waals surface area contributed by atoms with Crippen LogP contribution in [-0.4, -0.2) is 48.1 Å². The van der Waals surface area contributed by atoms with Gasteiger partial charge in [0.2, 0.25) is 0 Å². The van der Waals surface area contributed by atoms with Crippen molar-refractivity contribution in [1.82, 2.24) is 14.9 Å². The van der Waals surface area contributed by atoms with Gasteiger partial charge >= 0.3 is 0 Å². The Labute approximate surface area is 163 Å². The number of likely N-dealkylation sites (N-methyl/N-ethyl adjacent to an activating group) is 1. The normalized spacial score (nSPS) is 16.1. The van der Waals surface area contributed by atoms with E-state index in [4.69, 9.17) is 9.97 Å². The Morgan fingerprint density at radius 1 is 0.852 bits per heavy atom. The van der Waals surface area contributed by atoms with E-state index in [1.807, 2.05) is 0 Å². The summed E-state index contributed by atoms with van der Waals surface area (Å²) >= 11 is 1.76. The molecule has 0 spiro atoms. The van der Waals surface area contributed by atoms with Crippen LogP contribution in [-0.2, 0) is 0 Å². The molecule has 3 heterocycles. The van der Waals surface area contributed by atoms with Crippen molar-refractivity contribution in [3.05, 3.63) is 54.6 Å². The monoisotopic (exact) mass is 374 g/mol. The lowest BCUT2D eigenvalue weighted by Crippen LogP contribution is -2.29. The van der Waals surface area contributed by atoms with Crippen LogP contribution in [0.3, 0.4) is 0 Å². The molecule has 1 aliphatic rings. The number of rotatable bonds is 2. The van der Waals surface area contributed by atoms with E-state index in [1.54, 1.807) is 11.3 Å². The van der Waals surface area contributed by atoms with Crippen LogP contribution >= 0.6 is 11.3 Å². The highest BCUT2D eigenvalue weighted by Crippen LogP contribution is 2.36. The fourth-order valence-electron chi connectivity index (χ4n) is 3.76. The van der Waals surface area contributed by atoms with Gasteiger partial charge in [-0.15, -0.1) is 11.3 Å². The summed E-state index contributed by atoms with van der Waals surface area (Å²) in [4.78, 5) is 14.7. The van der Waals surface area contributed by atoms with Gasteiger partial charge in [0.1, 0.15) is 10.8 Å². The summed E-state index contributed by atoms with van der Waals surface area (Å²) in [6.45, 7) is 4.29. The molecule has 1 fully saturated rings. The van der Waals surface area contributed by atoms with Crippen LogP contribution in [0.2, 0.25) is 0 Å². The fourth-order valence-corrected chi connectivity index (χ4v) is 4.76. The van der Waals surface area contributed by atoms with E-state index in [0.29, 0.717) is 0 Å². The SMILES string of the molecule is CN1CCCN(c2cc(-c3nc4ccccc4s3)c3ccccc3n2)CC1. The van der Waals surface area contributed by atoms with Gasteiger partial charge in [-0.05, 0) is 44.3 Å². The average molecular weight is 375 g/mol. The third-order valence-electron chi connectivity index (χ3n) is 5.27. The quantitative estimate of drug-likeness (QED) is 0.511. The fraction of sp³-hybridized carbons (Fsp3) is 0.273. The first-order chi connectivity index (χ1) is 13.3. The van der Waals surface area contributed by atoms with Crippen molar-refractivity contribution < 1.29 is 0 Å². The predicted octanol–water partition coefficient (Wildman–Crippen LogP) is 4.65. The van der Waals surface area contributed by atoms with E-state index in [-0.39, 0.29) is 0 Å². The molecule has 27 heavy (non-hydrogen) atoms. The maximum Gasteiger partial charge on any atom is 0.130 e. The molecule has 0 N–H and O–H groups in total. The number of nitrogens with zero attached hydrogens (tertiary/aromatic N) is 4. The van der Waals surface area contributed by atoms with Crippen molar-refractivity contribution >= 4 is 38.3 Å². The minimum absolute atomic E-state index is 1.02. The molecule has 1 saturated heterocycles. The largest absolute Gasteiger partial charge is 0.355 e. The lowest BCUT2D eigenvalue weighted by Gasteiger charge is -2.22. The summed E-state index contributed by atoms with van der Waals surface area (Å²) in [7, 11) is 2.20. The van der Waals surface area contributed by atoms with Gasteiger partial charge in [-0.1, -0.05) is 30.3 Å². The Morgan fingerprint density at radius 3 is 2.56 bits per heavy atom. The number of thiazole rings is 1. The molecule has 0 radical (unpaired) electrons. The summed E-state index contributed by atoms with van der Waals surface area (Å²) in [5, 5.41) is 2.25. The number of hydrogen-bond donors (Lipinski definition) is 0. The maximum atomic E-state index is 4.99. The standard InChI is InChI=1S/C22H22N4S/c1-25-11-6-12-26(14-13-25)21-15-17(16-7-2-3-8-18(16)23-21)22-24-19-9-4-5-10-20(19)27-22/h2-5,7-10,15H,6,11-14H2,1H3. The van der Waals surface area contributed by atoms with Crippen LogP contribution in [0.1, 0.15) is 6.42 Å². The van der Waals surface area contributed by atoms with E-state index in [0.717, 1.165) is 48.0 Å². The Balaban J connectivity index is 1.66. The number of hydrogen-bond acceptors (Lipinski definition) is 5. The van der Waals surface area contributed by atoms with E-state index in [1.165, 1.54) is 22.1 Å². The number of fused-ring (bicyclic) bond motifs is 2. The van der Waals surface area contributed by atoms with Crippen molar-refractivity contribution in [3.8, 4) is 10.6 Å². The Hall–Kier alpha value is -2.50. The molecule has 0 amide bonds. The van der Waals surface area contributed by atoms with Crippen LogP contribution < -0.4 is 4.90 Å². The highest BCUT2D eigenvalue weighted by molar-refractivity contribution is 7.21. The molecule has 5 heteroatoms. The van der Waals surface area contributed by atoms with Crippen molar-refractivity contribution in [1.29, 1.82) is 0 Å². The van der Waals surface area contributed by atoms with E-state index >= 15 is 0 Å². The zero-order valence-electron chi connectivity index (χ0n) is 15.4. The molecule has 136 valence electrons. The molecule has 0 atom stereocenters. The molecule has 2 aromatic heterocycles. The van der Waals surface area contributed by atoms with Crippen molar-refractivity contribution in [2.24, 2.45) is 0 Å². The van der Waals surface area contributed by atoms with Crippen molar-refractivity contribution in [2.75, 3.05) is 38.1 Å². The predicted molar refractivity (Wildman–Crippen MR) is 115 cm³/mol. The molecule has 5 rings (SSSR count). The Kier molecular flexibility index (Phi) is 4.26. The van der Waals surface area contributed by atoms with Gasteiger partial charge in [-0.25, -0.2) is 9.97 Å². The van der Waals surface area contributed by atoms with Crippen molar-refractivity contribution in [3.63, 3.8) is 0 Å². The molecule has 1 aliphatic heterocycles. The van der Waals surface area contributed by atoms with Crippen LogP contribution in [0.15, 0.2) is 54.6 Å². The second-order valence-corrected chi connectivity index (χ2v) is 8.21. The van der Waals surface area contributed by atoms with E-state index in [9.17, 15) is 0 Å². The molecule has 0 unspecified atom stereocenters. The second-order valence-electron chi connectivity index (χ2n) is 7.18. The van der Waals surface area contributed by atoms with Gasteiger partial charge in [0.15, 0.2) is 0 Å². The highest BCUT2D eigenvalue weighted by Gasteiger charge is 2.17. The van der Waals surface area contributed by atoms with Gasteiger partial charge in [0.25, 0.3) is 0 Å². The average Bonchev–Trinajstić information content (AvgIpc) is 3.01. The van der Waals surface area contributed by atoms with Gasteiger partial charge in [0.05, 0.1) is 15.7 Å². The third-order valence-corrected chi connectivity index (χ3v) is 6.34. The van der Waals surface area contributed by atoms with Gasteiger partial charge < -0.3 is 9.80 Å². The van der Waals surface area contributed by atoms with Crippen LogP contribution in [0.25, 0.3) is 31.7 Å². The van der Waals surface area contributed by atoms with Crippen molar-refractivity contribution in [2.45, 2.75) is 6.42 Å². The summed E-state index contributed by atoms with van der Waals surface area (Å²) in [5.41, 5.74) is 3.30. The number of anilines is 1. The molecule has 4 nitrogen and oxygen atoms in total. The molecule has 2 aromatic carbocycles. The molecular formula is C22H22N4S. The Morgan fingerprint density at radius 2 is 1.67 bits per heavy atom. The maximum absolute atomic E-state index is 4.99. The van der Waals surface area contributed by atoms with Crippen LogP contribution in [0.4, 0.5) is 5.82 Å². The number of pyridine rings is 1. The molecular weight excluding hydrogens is 352 g/mol. The third kappa shape index (κ3) is 3.17. The zero-order valence-corrected chi connectivity index (χ0v) is 16.2. The van der Waals surface area contributed by atoms with E-state index < -0.39 is 0 Å². The van der Waals surface area contributed by atoms with Crippen LogP contribution in [0.5, 0.6) is 0 Å². The first-order valence-electron chi connectivity index (χ1n) is 9.47. The Bertz CT molecular complexity index is 1070. The minimum Gasteiger partial charge on any atom is -0.355 e. The smallest absolute Gasteiger partial charge is 0.130 e. The lowest BCUT2D eigenvalue weighted by molar-refractivity contribution is 0.360. The molecule has 0 aliphatic carbocycles. The summed E-state index contributed by atoms with van der Waals surface area (Å²) in [6.07, 6.45) is 1.17. The first-order valence-corrected chi connectivity index (χ1v) is 10.3. The number of para-hydroxylation sites is 2. The highest BCUT2D eigenvalue weighted by atomic mass is 32.1. The van der Waals surface area contributed by atoms with E-state index in [2.05, 4.69) is 71.4 Å². The molecule has 0 saturated carbocycles. The summed E-state index contributed by atoms with van der Waals surface area (Å²) < 4.78 is 1.23. The van der Waals surface area contributed by atoms with Crippen LogP contribution in [0, 0.1) is 0 Å². The minimum atomic E-state index is 1.02. The summed E-state index contributed by atoms with van der Waals surface area (Å²) in [5.74, 6) is 1.07. The first kappa shape index (κ1) is 16.7. The summed E-state index contributed by atoms with van der Waals surface area (Å²) in [6, 6.07) is 19.0. The molecule has 4 aromatic rings. The number of aromatic nitrogens is 2. The zero-order chi connectivity index (χ0) is 18.2. The number of benzene rings is 2.